The predicted molar refractivity (Wildman–Crippen MR) is 75.2 cm³/mol. The van der Waals surface area contributed by atoms with Gasteiger partial charge in [0.1, 0.15) is 5.60 Å². The van der Waals surface area contributed by atoms with Crippen molar-refractivity contribution in [1.29, 1.82) is 0 Å². The van der Waals surface area contributed by atoms with Gasteiger partial charge in [-0.15, -0.1) is 0 Å². The molecule has 1 heterocycles. The Morgan fingerprint density at radius 1 is 1.25 bits per heavy atom. The zero-order chi connectivity index (χ0) is 14.2. The number of ether oxygens (including phenoxy) is 1. The highest BCUT2D eigenvalue weighted by Gasteiger charge is 2.41. The minimum atomic E-state index is -0.338. The van der Waals surface area contributed by atoms with Gasteiger partial charge in [-0.2, -0.15) is 4.98 Å². The molecule has 3 rings (SSSR count). The molecule has 0 bridgehead atoms. The van der Waals surface area contributed by atoms with Gasteiger partial charge >= 0.3 is 0 Å². The second-order valence-corrected chi connectivity index (χ2v) is 6.61. The van der Waals surface area contributed by atoms with Crippen molar-refractivity contribution in [1.82, 2.24) is 10.1 Å². The first-order chi connectivity index (χ1) is 9.63. The Morgan fingerprint density at radius 3 is 2.60 bits per heavy atom. The molecule has 2 N–H and O–H groups in total. The van der Waals surface area contributed by atoms with E-state index in [9.17, 15) is 0 Å². The molecule has 0 amide bonds. The van der Waals surface area contributed by atoms with E-state index in [2.05, 4.69) is 17.1 Å². The van der Waals surface area contributed by atoms with E-state index in [0.29, 0.717) is 5.92 Å². The van der Waals surface area contributed by atoms with Gasteiger partial charge in [0.2, 0.25) is 11.7 Å². The fourth-order valence-electron chi connectivity index (χ4n) is 3.57. The summed E-state index contributed by atoms with van der Waals surface area (Å²) in [6.07, 6.45) is 7.34. The van der Waals surface area contributed by atoms with Crippen molar-refractivity contribution in [3.8, 4) is 0 Å². The highest BCUT2D eigenvalue weighted by molar-refractivity contribution is 5.07. The van der Waals surface area contributed by atoms with Crippen LogP contribution in [0.3, 0.4) is 0 Å². The summed E-state index contributed by atoms with van der Waals surface area (Å²) in [6.45, 7) is 2.29. The number of hydrogen-bond donors (Lipinski definition) is 1. The lowest BCUT2D eigenvalue weighted by atomic mass is 9.79. The average Bonchev–Trinajstić information content (AvgIpc) is 3.09. The van der Waals surface area contributed by atoms with E-state index in [-0.39, 0.29) is 11.6 Å². The normalized spacial score (nSPS) is 38.2. The maximum Gasteiger partial charge on any atom is 0.229 e. The van der Waals surface area contributed by atoms with E-state index in [1.807, 2.05) is 0 Å². The van der Waals surface area contributed by atoms with Gasteiger partial charge in [0.25, 0.3) is 0 Å². The lowest BCUT2D eigenvalue weighted by molar-refractivity contribution is -0.0609. The van der Waals surface area contributed by atoms with Crippen molar-refractivity contribution in [2.75, 3.05) is 7.11 Å². The van der Waals surface area contributed by atoms with Crippen LogP contribution in [0, 0.1) is 5.92 Å². The third-order valence-electron chi connectivity index (χ3n) is 5.14. The van der Waals surface area contributed by atoms with Crippen LogP contribution in [0.5, 0.6) is 0 Å². The molecular formula is C15H25N3O2. The van der Waals surface area contributed by atoms with Crippen molar-refractivity contribution in [2.45, 2.75) is 69.4 Å². The molecule has 0 aliphatic heterocycles. The zero-order valence-electron chi connectivity index (χ0n) is 12.5. The molecule has 2 aliphatic rings. The van der Waals surface area contributed by atoms with Crippen LogP contribution in [0.2, 0.25) is 0 Å². The third-order valence-corrected chi connectivity index (χ3v) is 5.14. The van der Waals surface area contributed by atoms with Crippen molar-refractivity contribution < 1.29 is 9.26 Å². The fourth-order valence-corrected chi connectivity index (χ4v) is 3.57. The molecule has 0 radical (unpaired) electrons. The lowest BCUT2D eigenvalue weighted by Crippen LogP contribution is -2.34. The van der Waals surface area contributed by atoms with Gasteiger partial charge in [0, 0.05) is 19.1 Å². The molecule has 2 atom stereocenters. The first-order valence-electron chi connectivity index (χ1n) is 7.78. The molecule has 2 saturated carbocycles. The second kappa shape index (κ2) is 5.45. The summed E-state index contributed by atoms with van der Waals surface area (Å²) in [5.74, 6) is 2.59. The number of nitrogens with two attached hydrogens (primary N) is 1. The summed E-state index contributed by atoms with van der Waals surface area (Å²) < 4.78 is 11.3. The predicted octanol–water partition coefficient (Wildman–Crippen LogP) is 2.72. The zero-order valence-corrected chi connectivity index (χ0v) is 12.5. The summed E-state index contributed by atoms with van der Waals surface area (Å²) in [4.78, 5) is 4.66. The van der Waals surface area contributed by atoms with Crippen molar-refractivity contribution in [2.24, 2.45) is 11.7 Å². The summed E-state index contributed by atoms with van der Waals surface area (Å²) >= 11 is 0. The summed E-state index contributed by atoms with van der Waals surface area (Å²) in [5, 5.41) is 4.23. The molecule has 0 aromatic carbocycles. The number of aromatic nitrogens is 2. The Hall–Kier alpha value is -0.940. The lowest BCUT2D eigenvalue weighted by Gasteiger charge is -2.35. The number of methoxy groups -OCH3 is 1. The summed E-state index contributed by atoms with van der Waals surface area (Å²) in [5.41, 5.74) is 5.63. The van der Waals surface area contributed by atoms with Gasteiger partial charge in [0.15, 0.2) is 0 Å². The quantitative estimate of drug-likeness (QED) is 0.920. The van der Waals surface area contributed by atoms with Crippen LogP contribution < -0.4 is 5.73 Å². The smallest absolute Gasteiger partial charge is 0.229 e. The molecule has 0 spiro atoms. The minimum Gasteiger partial charge on any atom is -0.370 e. The molecule has 2 unspecified atom stereocenters. The van der Waals surface area contributed by atoms with Gasteiger partial charge in [-0.05, 0) is 50.9 Å². The fraction of sp³-hybridized carbons (Fsp3) is 0.867. The molecule has 1 aromatic rings. The van der Waals surface area contributed by atoms with Gasteiger partial charge in [-0.3, -0.25) is 0 Å². The van der Waals surface area contributed by atoms with Gasteiger partial charge in [-0.1, -0.05) is 12.1 Å². The van der Waals surface area contributed by atoms with Gasteiger partial charge < -0.3 is 15.0 Å². The van der Waals surface area contributed by atoms with Crippen LogP contribution in [-0.2, 0) is 10.3 Å². The summed E-state index contributed by atoms with van der Waals surface area (Å²) in [7, 11) is 1.76. The van der Waals surface area contributed by atoms with Crippen LogP contribution >= 0.6 is 0 Å². The molecule has 1 aromatic heterocycles. The standard InChI is InChI=1S/C15H25N3O2/c1-10-5-7-15(19-2,8-6-10)14-17-13(20-18-14)11-3-4-12(16)9-11/h10-12H,3-9,16H2,1-2H3. The topological polar surface area (TPSA) is 74.2 Å². The van der Waals surface area contributed by atoms with E-state index in [1.165, 1.54) is 0 Å². The molecule has 0 saturated heterocycles. The van der Waals surface area contributed by atoms with E-state index in [1.54, 1.807) is 7.11 Å². The average molecular weight is 279 g/mol. The van der Waals surface area contributed by atoms with Crippen LogP contribution in [0.1, 0.15) is 69.5 Å². The molecule has 5 nitrogen and oxygen atoms in total. The maximum absolute atomic E-state index is 5.96. The van der Waals surface area contributed by atoms with Gasteiger partial charge in [0.05, 0.1) is 0 Å². The van der Waals surface area contributed by atoms with Crippen LogP contribution in [0.4, 0.5) is 0 Å². The number of rotatable bonds is 3. The van der Waals surface area contributed by atoms with E-state index in [0.717, 1.165) is 62.6 Å². The van der Waals surface area contributed by atoms with Crippen molar-refractivity contribution in [3.63, 3.8) is 0 Å². The Bertz CT molecular complexity index is 452. The molecule has 5 heteroatoms. The third kappa shape index (κ3) is 2.49. The van der Waals surface area contributed by atoms with Crippen LogP contribution in [0.25, 0.3) is 0 Å². The van der Waals surface area contributed by atoms with E-state index in [4.69, 9.17) is 15.0 Å². The van der Waals surface area contributed by atoms with E-state index < -0.39 is 0 Å². The second-order valence-electron chi connectivity index (χ2n) is 6.61. The molecule has 2 fully saturated rings. The first-order valence-corrected chi connectivity index (χ1v) is 7.78. The highest BCUT2D eigenvalue weighted by atomic mass is 16.5. The maximum atomic E-state index is 5.96. The SMILES string of the molecule is COC1(c2noc(C3CCC(N)C3)n2)CCC(C)CC1. The number of nitrogens with zero attached hydrogens (tertiary/aromatic N) is 2. The molecule has 2 aliphatic carbocycles. The van der Waals surface area contributed by atoms with Gasteiger partial charge in [-0.25, -0.2) is 0 Å². The number of hydrogen-bond acceptors (Lipinski definition) is 5. The molecular weight excluding hydrogens is 254 g/mol. The Morgan fingerprint density at radius 2 is 2.00 bits per heavy atom. The van der Waals surface area contributed by atoms with Crippen LogP contribution in [0.15, 0.2) is 4.52 Å². The Balaban J connectivity index is 1.78. The largest absolute Gasteiger partial charge is 0.370 e. The summed E-state index contributed by atoms with van der Waals surface area (Å²) in [6, 6.07) is 0.280. The monoisotopic (exact) mass is 279 g/mol. The van der Waals surface area contributed by atoms with Crippen LogP contribution in [-0.4, -0.2) is 23.3 Å². The van der Waals surface area contributed by atoms with Crippen molar-refractivity contribution >= 4 is 0 Å². The molecule has 20 heavy (non-hydrogen) atoms. The molecule has 112 valence electrons. The van der Waals surface area contributed by atoms with E-state index >= 15 is 0 Å². The first kappa shape index (κ1) is 14.0. The Labute approximate surface area is 120 Å². The highest BCUT2D eigenvalue weighted by Crippen LogP contribution is 2.41. The Kier molecular flexibility index (Phi) is 3.82. The van der Waals surface area contributed by atoms with Crippen molar-refractivity contribution in [3.05, 3.63) is 11.7 Å². The minimum absolute atomic E-state index is 0.280.